The van der Waals surface area contributed by atoms with Crippen LogP contribution in [0.25, 0.3) is 10.9 Å². The Bertz CT molecular complexity index is 1090. The molecule has 1 fully saturated rings. The van der Waals surface area contributed by atoms with Crippen LogP contribution in [-0.2, 0) is 13.1 Å². The predicted molar refractivity (Wildman–Crippen MR) is 115 cm³/mol. The van der Waals surface area contributed by atoms with Gasteiger partial charge in [-0.05, 0) is 31.0 Å². The molecule has 1 saturated heterocycles. The lowest BCUT2D eigenvalue weighted by molar-refractivity contribution is -0.0365. The number of rotatable bonds is 6. The zero-order chi connectivity index (χ0) is 21.1. The molecule has 0 amide bonds. The molecule has 7 heteroatoms. The minimum Gasteiger partial charge on any atom is -0.493 e. The van der Waals surface area contributed by atoms with Crippen LogP contribution in [0.15, 0.2) is 53.6 Å². The molecule has 2 heterocycles. The zero-order valence-electron chi connectivity index (χ0n) is 17.4. The summed E-state index contributed by atoms with van der Waals surface area (Å²) in [6.07, 6.45) is 2.70. The number of methoxy groups -OCH3 is 2. The Hall–Kier alpha value is -2.90. The van der Waals surface area contributed by atoms with Gasteiger partial charge in [0.1, 0.15) is 0 Å². The minimum atomic E-state index is -0.928. The summed E-state index contributed by atoms with van der Waals surface area (Å²) < 4.78 is 12.4. The van der Waals surface area contributed by atoms with E-state index >= 15 is 0 Å². The number of benzene rings is 2. The van der Waals surface area contributed by atoms with Crippen molar-refractivity contribution in [3.8, 4) is 11.5 Å². The summed E-state index contributed by atoms with van der Waals surface area (Å²) in [5, 5.41) is 11.7. The van der Waals surface area contributed by atoms with Crippen LogP contribution in [0, 0.1) is 0 Å². The number of likely N-dealkylation sites (tertiary alicyclic amines) is 1. The molecule has 0 radical (unpaired) electrons. The number of hydrogen-bond donors (Lipinski definition) is 1. The number of aromatic nitrogens is 2. The average molecular weight is 409 g/mol. The average Bonchev–Trinajstić information content (AvgIpc) is 2.77. The lowest BCUT2D eigenvalue weighted by atomic mass is 9.91. The summed E-state index contributed by atoms with van der Waals surface area (Å²) in [6, 6.07) is 13.1. The van der Waals surface area contributed by atoms with Gasteiger partial charge in [0.2, 0.25) is 0 Å². The van der Waals surface area contributed by atoms with Crippen molar-refractivity contribution in [3.63, 3.8) is 0 Å². The van der Waals surface area contributed by atoms with Gasteiger partial charge in [-0.25, -0.2) is 4.98 Å². The molecule has 0 bridgehead atoms. The summed E-state index contributed by atoms with van der Waals surface area (Å²) >= 11 is 0. The van der Waals surface area contributed by atoms with Crippen LogP contribution < -0.4 is 15.0 Å². The summed E-state index contributed by atoms with van der Waals surface area (Å²) in [5.41, 5.74) is 0.686. The Morgan fingerprint density at radius 2 is 1.83 bits per heavy atom. The molecule has 0 atom stereocenters. The van der Waals surface area contributed by atoms with Gasteiger partial charge in [0, 0.05) is 25.2 Å². The number of aliphatic hydroxyl groups is 1. The van der Waals surface area contributed by atoms with Crippen LogP contribution in [0.3, 0.4) is 0 Å². The highest BCUT2D eigenvalue weighted by Crippen LogP contribution is 2.33. The normalized spacial score (nSPS) is 16.5. The molecule has 0 saturated carbocycles. The fraction of sp³-hybridized carbons (Fsp3) is 0.391. The SMILES string of the molecule is COc1cccc(CN2CCC(O)(Cn3cnc4ccccc4c3=O)CC2)c1OC. The fourth-order valence-corrected chi connectivity index (χ4v) is 4.14. The summed E-state index contributed by atoms with van der Waals surface area (Å²) in [6.45, 7) is 2.42. The van der Waals surface area contributed by atoms with E-state index in [9.17, 15) is 9.90 Å². The van der Waals surface area contributed by atoms with Gasteiger partial charge in [-0.3, -0.25) is 14.3 Å². The lowest BCUT2D eigenvalue weighted by Crippen LogP contribution is -2.47. The minimum absolute atomic E-state index is 0.113. The van der Waals surface area contributed by atoms with Crippen LogP contribution in [0.2, 0.25) is 0 Å². The molecule has 7 nitrogen and oxygen atoms in total. The maximum Gasteiger partial charge on any atom is 0.261 e. The molecular formula is C23H27N3O4. The van der Waals surface area contributed by atoms with E-state index in [0.717, 1.165) is 24.4 Å². The number of hydrogen-bond acceptors (Lipinski definition) is 6. The van der Waals surface area contributed by atoms with Crippen LogP contribution >= 0.6 is 0 Å². The molecule has 0 unspecified atom stereocenters. The first kappa shape index (κ1) is 20.4. The van der Waals surface area contributed by atoms with Gasteiger partial charge in [0.25, 0.3) is 5.56 Å². The van der Waals surface area contributed by atoms with E-state index in [1.807, 2.05) is 36.4 Å². The molecule has 0 aliphatic carbocycles. The predicted octanol–water partition coefficient (Wildman–Crippen LogP) is 2.44. The number of para-hydroxylation sites is 2. The van der Waals surface area contributed by atoms with Gasteiger partial charge in [-0.15, -0.1) is 0 Å². The van der Waals surface area contributed by atoms with Crippen molar-refractivity contribution in [1.82, 2.24) is 14.5 Å². The van der Waals surface area contributed by atoms with Crippen molar-refractivity contribution in [3.05, 3.63) is 64.7 Å². The Morgan fingerprint density at radius 3 is 2.57 bits per heavy atom. The van der Waals surface area contributed by atoms with Crippen molar-refractivity contribution < 1.29 is 14.6 Å². The monoisotopic (exact) mass is 409 g/mol. The first-order valence-electron chi connectivity index (χ1n) is 10.1. The van der Waals surface area contributed by atoms with Gasteiger partial charge in [-0.1, -0.05) is 24.3 Å². The van der Waals surface area contributed by atoms with Gasteiger partial charge >= 0.3 is 0 Å². The second-order valence-corrected chi connectivity index (χ2v) is 7.85. The van der Waals surface area contributed by atoms with Crippen molar-refractivity contribution >= 4 is 10.9 Å². The maximum atomic E-state index is 12.8. The van der Waals surface area contributed by atoms with E-state index in [-0.39, 0.29) is 12.1 Å². The largest absolute Gasteiger partial charge is 0.493 e. The first-order valence-corrected chi connectivity index (χ1v) is 10.1. The van der Waals surface area contributed by atoms with E-state index in [4.69, 9.17) is 9.47 Å². The topological polar surface area (TPSA) is 76.8 Å². The van der Waals surface area contributed by atoms with Crippen molar-refractivity contribution in [1.29, 1.82) is 0 Å². The van der Waals surface area contributed by atoms with Gasteiger partial charge in [0.15, 0.2) is 11.5 Å². The summed E-state index contributed by atoms with van der Waals surface area (Å²) in [5.74, 6) is 1.46. The number of fused-ring (bicyclic) bond motifs is 1. The summed E-state index contributed by atoms with van der Waals surface area (Å²) in [4.78, 5) is 19.4. The molecule has 0 spiro atoms. The van der Waals surface area contributed by atoms with Crippen molar-refractivity contribution in [2.24, 2.45) is 0 Å². The molecule has 1 aromatic heterocycles. The Morgan fingerprint density at radius 1 is 1.07 bits per heavy atom. The Balaban J connectivity index is 1.44. The second kappa shape index (κ2) is 8.45. The number of nitrogens with zero attached hydrogens (tertiary/aromatic N) is 3. The fourth-order valence-electron chi connectivity index (χ4n) is 4.14. The molecule has 1 aliphatic heterocycles. The number of piperidine rings is 1. The Kier molecular flexibility index (Phi) is 5.74. The van der Waals surface area contributed by atoms with Crippen LogP contribution in [0.1, 0.15) is 18.4 Å². The molecule has 4 rings (SSSR count). The van der Waals surface area contributed by atoms with Gasteiger partial charge in [-0.2, -0.15) is 0 Å². The molecule has 2 aromatic carbocycles. The molecule has 1 aliphatic rings. The van der Waals surface area contributed by atoms with Crippen molar-refractivity contribution in [2.75, 3.05) is 27.3 Å². The standard InChI is InChI=1S/C23H27N3O4/c1-29-20-9-5-6-17(21(20)30-2)14-25-12-10-23(28,11-13-25)15-26-16-24-19-8-4-3-7-18(19)22(26)27/h3-9,16,28H,10-15H2,1-2H3. The third-order valence-corrected chi connectivity index (χ3v) is 5.86. The second-order valence-electron chi connectivity index (χ2n) is 7.85. The molecule has 158 valence electrons. The van der Waals surface area contributed by atoms with Gasteiger partial charge in [0.05, 0.1) is 43.6 Å². The van der Waals surface area contributed by atoms with E-state index in [2.05, 4.69) is 9.88 Å². The third-order valence-electron chi connectivity index (χ3n) is 5.86. The quantitative estimate of drug-likeness (QED) is 0.674. The van der Waals surface area contributed by atoms with E-state index in [1.54, 1.807) is 20.3 Å². The molecule has 3 aromatic rings. The highest BCUT2D eigenvalue weighted by molar-refractivity contribution is 5.76. The lowest BCUT2D eigenvalue weighted by Gasteiger charge is -2.38. The highest BCUT2D eigenvalue weighted by atomic mass is 16.5. The zero-order valence-corrected chi connectivity index (χ0v) is 17.4. The highest BCUT2D eigenvalue weighted by Gasteiger charge is 2.33. The molecular weight excluding hydrogens is 382 g/mol. The van der Waals surface area contributed by atoms with Crippen LogP contribution in [0.5, 0.6) is 11.5 Å². The Labute approximate surface area is 175 Å². The maximum absolute atomic E-state index is 12.8. The smallest absolute Gasteiger partial charge is 0.261 e. The third kappa shape index (κ3) is 4.04. The summed E-state index contributed by atoms with van der Waals surface area (Å²) in [7, 11) is 3.28. The number of ether oxygens (including phenoxy) is 2. The van der Waals surface area contributed by atoms with Gasteiger partial charge < -0.3 is 14.6 Å². The van der Waals surface area contributed by atoms with E-state index in [0.29, 0.717) is 36.0 Å². The van der Waals surface area contributed by atoms with Crippen LogP contribution in [0.4, 0.5) is 0 Å². The van der Waals surface area contributed by atoms with E-state index < -0.39 is 5.60 Å². The van der Waals surface area contributed by atoms with Crippen molar-refractivity contribution in [2.45, 2.75) is 31.5 Å². The molecule has 30 heavy (non-hydrogen) atoms. The van der Waals surface area contributed by atoms with Crippen LogP contribution in [-0.4, -0.2) is 52.5 Å². The first-order chi connectivity index (χ1) is 14.5. The molecule has 1 N–H and O–H groups in total. The van der Waals surface area contributed by atoms with E-state index in [1.165, 1.54) is 10.9 Å².